The Labute approximate surface area is 205 Å². The van der Waals surface area contributed by atoms with Crippen LogP contribution in [0.5, 0.6) is 17.2 Å². The maximum atomic E-state index is 13.3. The lowest BCUT2D eigenvalue weighted by Gasteiger charge is -2.42. The van der Waals surface area contributed by atoms with E-state index in [1.54, 1.807) is 0 Å². The van der Waals surface area contributed by atoms with E-state index in [2.05, 4.69) is 0 Å². The Morgan fingerprint density at radius 2 is 1.65 bits per heavy atom. The first-order chi connectivity index (χ1) is 17.4. The third kappa shape index (κ3) is 4.34. The molecule has 0 unspecified atom stereocenters. The number of aliphatic carboxylic acids is 1. The predicted molar refractivity (Wildman–Crippen MR) is 108 cm³/mol. The minimum Gasteiger partial charge on any atom is -0.504 e. The van der Waals surface area contributed by atoms with Gasteiger partial charge in [0.1, 0.15) is 12.2 Å². The van der Waals surface area contributed by atoms with Gasteiger partial charge in [0.15, 0.2) is 36.1 Å². The van der Waals surface area contributed by atoms with Crippen molar-refractivity contribution in [2.24, 2.45) is 5.92 Å². The Kier molecular flexibility index (Phi) is 6.78. The van der Waals surface area contributed by atoms with Crippen LogP contribution < -0.4 is 4.74 Å². The number of carbonyl (C=O) groups is 5. The fourth-order valence-electron chi connectivity index (χ4n) is 4.54. The molecule has 8 atom stereocenters. The number of hydrogen-bond acceptors (Lipinski definition) is 15. The number of Topliss-reactive ketones (excluding diaryl/α,β-unsaturated/α-hetero) is 1. The number of ether oxygens (including phenoxy) is 4. The van der Waals surface area contributed by atoms with Gasteiger partial charge in [-0.3, -0.25) is 14.4 Å². The number of phenols is 2. The third-order valence-electron chi connectivity index (χ3n) is 6.26. The standard InChI is InChI=1S/C21H20O16/c22-3-7-15-14(29)17(21(33)34-7)37-19(31)11(26)4-1-6(23)12(27)16-10(4)9(13(28)20(32)36-16)5(2-8(24)25)18(30)35-15/h1,5,7,9,13-15,17,21-23,27-29,33H,2-3H2,(H,24,25)/t5-,7-,9+,13-,14+,15-,17-,21-/m1/s1. The van der Waals surface area contributed by atoms with E-state index in [1.165, 1.54) is 0 Å². The van der Waals surface area contributed by atoms with Crippen molar-refractivity contribution in [3.8, 4) is 17.2 Å². The van der Waals surface area contributed by atoms with Crippen molar-refractivity contribution in [3.05, 3.63) is 17.2 Å². The monoisotopic (exact) mass is 528 g/mol. The van der Waals surface area contributed by atoms with E-state index >= 15 is 0 Å². The molecular formula is C21H20O16. The summed E-state index contributed by atoms with van der Waals surface area (Å²) in [7, 11) is 0. The second-order valence-corrected chi connectivity index (χ2v) is 8.47. The SMILES string of the molecule is O=C(O)C[C@H]1C(=O)O[C@H]2[C@H](O)[C@@H](OC(=O)C(=O)c3cc(O)c(O)c4c3[C@H]1[C@@H](O)C(=O)O4)[C@H](O)O[C@@H]2CO. The third-order valence-corrected chi connectivity index (χ3v) is 6.26. The van der Waals surface area contributed by atoms with Crippen molar-refractivity contribution in [1.82, 2.24) is 0 Å². The molecule has 0 aromatic heterocycles. The summed E-state index contributed by atoms with van der Waals surface area (Å²) in [6, 6.07) is 0.528. The van der Waals surface area contributed by atoms with Crippen LogP contribution in [-0.2, 0) is 33.4 Å². The number of aliphatic hydroxyl groups excluding tert-OH is 4. The van der Waals surface area contributed by atoms with Gasteiger partial charge in [-0.05, 0) is 6.07 Å². The highest BCUT2D eigenvalue weighted by atomic mass is 16.7. The normalized spacial score (nSPS) is 33.7. The van der Waals surface area contributed by atoms with Gasteiger partial charge in [0.05, 0.1) is 18.9 Å². The van der Waals surface area contributed by atoms with Crippen LogP contribution in [0.4, 0.5) is 0 Å². The smallest absolute Gasteiger partial charge is 0.380 e. The van der Waals surface area contributed by atoms with Crippen molar-refractivity contribution in [3.63, 3.8) is 0 Å². The van der Waals surface area contributed by atoms with Crippen molar-refractivity contribution in [2.75, 3.05) is 6.61 Å². The molecule has 3 heterocycles. The van der Waals surface area contributed by atoms with Crippen molar-refractivity contribution >= 4 is 29.7 Å². The first-order valence-electron chi connectivity index (χ1n) is 10.7. The number of phenolic OH excluding ortho intramolecular Hbond substituents is 2. The second-order valence-electron chi connectivity index (χ2n) is 8.47. The van der Waals surface area contributed by atoms with Gasteiger partial charge < -0.3 is 54.7 Å². The number of aromatic hydroxyl groups is 2. The number of carboxylic acids is 1. The number of ketones is 1. The summed E-state index contributed by atoms with van der Waals surface area (Å²) in [4.78, 5) is 63.1. The zero-order valence-electron chi connectivity index (χ0n) is 18.4. The number of aliphatic hydroxyl groups is 4. The molecule has 200 valence electrons. The average molecular weight is 528 g/mol. The second kappa shape index (κ2) is 9.56. The molecular weight excluding hydrogens is 508 g/mol. The van der Waals surface area contributed by atoms with Crippen LogP contribution in [0.15, 0.2) is 6.07 Å². The van der Waals surface area contributed by atoms with E-state index in [-0.39, 0.29) is 0 Å². The maximum absolute atomic E-state index is 13.3. The highest BCUT2D eigenvalue weighted by molar-refractivity contribution is 6.41. The van der Waals surface area contributed by atoms with E-state index in [4.69, 9.17) is 18.9 Å². The fraction of sp³-hybridized carbons (Fsp3) is 0.476. The molecule has 37 heavy (non-hydrogen) atoms. The van der Waals surface area contributed by atoms with Gasteiger partial charge >= 0.3 is 23.9 Å². The van der Waals surface area contributed by atoms with Gasteiger partial charge in [-0.25, -0.2) is 9.59 Å². The van der Waals surface area contributed by atoms with Crippen molar-refractivity contribution in [1.29, 1.82) is 0 Å². The molecule has 1 aromatic carbocycles. The number of fused-ring (bicyclic) bond motifs is 2. The summed E-state index contributed by atoms with van der Waals surface area (Å²) in [5.74, 6) is -15.2. The Morgan fingerprint density at radius 3 is 2.27 bits per heavy atom. The molecule has 0 aliphatic carbocycles. The molecule has 0 saturated carbocycles. The van der Waals surface area contributed by atoms with E-state index in [0.29, 0.717) is 6.07 Å². The Bertz CT molecular complexity index is 1180. The molecule has 4 rings (SSSR count). The molecule has 1 saturated heterocycles. The van der Waals surface area contributed by atoms with Gasteiger partial charge in [0, 0.05) is 17.0 Å². The van der Waals surface area contributed by atoms with E-state index in [9.17, 15) is 59.7 Å². The molecule has 16 nitrogen and oxygen atoms in total. The Morgan fingerprint density at radius 1 is 0.973 bits per heavy atom. The van der Waals surface area contributed by atoms with Crippen LogP contribution in [0.2, 0.25) is 0 Å². The molecule has 1 fully saturated rings. The first-order valence-corrected chi connectivity index (χ1v) is 10.7. The number of esters is 3. The van der Waals surface area contributed by atoms with Crippen LogP contribution in [0.25, 0.3) is 0 Å². The summed E-state index contributed by atoms with van der Waals surface area (Å²) in [6.07, 6.45) is -13.2. The number of carbonyl (C=O) groups excluding carboxylic acids is 4. The highest BCUT2D eigenvalue weighted by Crippen LogP contribution is 2.50. The van der Waals surface area contributed by atoms with E-state index in [0.717, 1.165) is 0 Å². The fourth-order valence-corrected chi connectivity index (χ4v) is 4.54. The quantitative estimate of drug-likeness (QED) is 0.0874. The van der Waals surface area contributed by atoms with Crippen LogP contribution >= 0.6 is 0 Å². The number of hydrogen-bond donors (Lipinski definition) is 7. The van der Waals surface area contributed by atoms with Crippen LogP contribution in [-0.4, -0.2) is 109 Å². The topological polar surface area (TPSA) is 264 Å². The molecule has 0 amide bonds. The van der Waals surface area contributed by atoms with Gasteiger partial charge in [-0.15, -0.1) is 0 Å². The zero-order chi connectivity index (χ0) is 27.3. The molecule has 0 radical (unpaired) electrons. The highest BCUT2D eigenvalue weighted by Gasteiger charge is 2.54. The minimum absolute atomic E-state index is 0.528. The summed E-state index contributed by atoms with van der Waals surface area (Å²) in [6.45, 7) is -0.951. The molecule has 3 aliphatic heterocycles. The molecule has 16 heteroatoms. The molecule has 7 N–H and O–H groups in total. The largest absolute Gasteiger partial charge is 0.504 e. The van der Waals surface area contributed by atoms with Crippen molar-refractivity contribution in [2.45, 2.75) is 49.1 Å². The Balaban J connectivity index is 1.99. The lowest BCUT2D eigenvalue weighted by molar-refractivity contribution is -0.293. The van der Waals surface area contributed by atoms with Gasteiger partial charge in [-0.2, -0.15) is 0 Å². The van der Waals surface area contributed by atoms with Gasteiger partial charge in [0.25, 0.3) is 5.78 Å². The van der Waals surface area contributed by atoms with E-state index < -0.39 is 120 Å². The molecule has 1 aromatic rings. The van der Waals surface area contributed by atoms with Gasteiger partial charge in [0.2, 0.25) is 5.75 Å². The predicted octanol–water partition coefficient (Wildman–Crippen LogP) is -3.36. The zero-order valence-corrected chi connectivity index (χ0v) is 18.4. The lowest BCUT2D eigenvalue weighted by Crippen LogP contribution is -2.61. The van der Waals surface area contributed by atoms with Crippen LogP contribution in [0.1, 0.15) is 28.3 Å². The summed E-state index contributed by atoms with van der Waals surface area (Å²) in [5.41, 5.74) is -1.55. The number of carboxylic acid groups (broad SMARTS) is 1. The number of benzene rings is 1. The maximum Gasteiger partial charge on any atom is 0.380 e. The average Bonchev–Trinajstić information content (AvgIpc) is 2.84. The molecule has 0 spiro atoms. The summed E-state index contributed by atoms with van der Waals surface area (Å²) in [5, 5.41) is 70.8. The Hall–Kier alpha value is -3.83. The molecule has 3 aliphatic rings. The number of rotatable bonds is 3. The lowest BCUT2D eigenvalue weighted by atomic mass is 9.75. The van der Waals surface area contributed by atoms with Crippen LogP contribution in [0, 0.1) is 5.92 Å². The van der Waals surface area contributed by atoms with Gasteiger partial charge in [-0.1, -0.05) is 0 Å². The van der Waals surface area contributed by atoms with Crippen LogP contribution in [0.3, 0.4) is 0 Å². The summed E-state index contributed by atoms with van der Waals surface area (Å²) >= 11 is 0. The molecule has 2 bridgehead atoms. The summed E-state index contributed by atoms with van der Waals surface area (Å²) < 4.78 is 19.9. The first kappa shape index (κ1) is 26.2. The van der Waals surface area contributed by atoms with Crippen molar-refractivity contribution < 1.29 is 78.7 Å². The van der Waals surface area contributed by atoms with E-state index in [1.807, 2.05) is 0 Å². The minimum atomic E-state index is -2.34.